The molecule has 1 aromatic heterocycles. The average molecular weight is 491 g/mol. The van der Waals surface area contributed by atoms with Crippen molar-refractivity contribution < 1.29 is 26.4 Å². The highest BCUT2D eigenvalue weighted by molar-refractivity contribution is 7.89. The van der Waals surface area contributed by atoms with Crippen LogP contribution >= 0.6 is 0 Å². The maximum Gasteiger partial charge on any atom is 0.416 e. The number of nitrogens with two attached hydrogens (primary N) is 1. The molecule has 0 aliphatic carbocycles. The molecule has 34 heavy (non-hydrogen) atoms. The van der Waals surface area contributed by atoms with Crippen molar-refractivity contribution in [3.63, 3.8) is 0 Å². The van der Waals surface area contributed by atoms with Gasteiger partial charge in [0.1, 0.15) is 6.33 Å². The van der Waals surface area contributed by atoms with Crippen molar-refractivity contribution in [3.05, 3.63) is 65.5 Å². The monoisotopic (exact) mass is 491 g/mol. The second-order valence-electron chi connectivity index (χ2n) is 7.83. The number of rotatable bonds is 6. The summed E-state index contributed by atoms with van der Waals surface area (Å²) in [4.78, 5) is 16.2. The Balaban J connectivity index is 1.70. The van der Waals surface area contributed by atoms with Gasteiger partial charge in [0.25, 0.3) is 5.91 Å². The van der Waals surface area contributed by atoms with Crippen LogP contribution in [0.2, 0.25) is 0 Å². The zero-order chi connectivity index (χ0) is 24.7. The van der Waals surface area contributed by atoms with E-state index in [1.165, 1.54) is 54.1 Å². The third-order valence-corrected chi connectivity index (χ3v) is 7.19. The number of carbonyl (C=O) groups excluding carboxylic acids is 1. The molecular weight excluding hydrogens is 471 g/mol. The summed E-state index contributed by atoms with van der Waals surface area (Å²) in [5, 5.41) is 4.14. The van der Waals surface area contributed by atoms with Gasteiger partial charge in [0.05, 0.1) is 16.0 Å². The molecule has 0 saturated carbocycles. The normalized spacial score (nSPS) is 15.2. The van der Waals surface area contributed by atoms with Gasteiger partial charge >= 0.3 is 6.18 Å². The molecule has 2 heterocycles. The van der Waals surface area contributed by atoms with Crippen LogP contribution in [0.3, 0.4) is 0 Å². The Kier molecular flexibility index (Phi) is 6.04. The summed E-state index contributed by atoms with van der Waals surface area (Å²) in [6, 6.07) is 9.27. The number of aromatic nitrogens is 3. The van der Waals surface area contributed by atoms with E-state index in [1.807, 2.05) is 0 Å². The van der Waals surface area contributed by atoms with Gasteiger partial charge in [-0.3, -0.25) is 4.79 Å². The summed E-state index contributed by atoms with van der Waals surface area (Å²) in [6.07, 6.45) is -1.28. The molecule has 1 amide bonds. The largest absolute Gasteiger partial charge is 0.416 e. The zero-order valence-electron chi connectivity index (χ0n) is 18.0. The Labute approximate surface area is 193 Å². The van der Waals surface area contributed by atoms with E-state index in [9.17, 15) is 26.4 Å². The van der Waals surface area contributed by atoms with Crippen LogP contribution in [0.25, 0.3) is 23.2 Å². The first-order chi connectivity index (χ1) is 15.9. The van der Waals surface area contributed by atoms with Gasteiger partial charge in [-0.15, -0.1) is 5.10 Å². The summed E-state index contributed by atoms with van der Waals surface area (Å²) >= 11 is 0. The van der Waals surface area contributed by atoms with Crippen molar-refractivity contribution >= 4 is 27.7 Å². The summed E-state index contributed by atoms with van der Waals surface area (Å²) in [6.45, 7) is 2.39. The Bertz CT molecular complexity index is 1390. The number of benzene rings is 2. The average Bonchev–Trinajstić information content (AvgIpc) is 3.18. The summed E-state index contributed by atoms with van der Waals surface area (Å²) in [5.41, 5.74) is 5.44. The molecule has 2 aromatic carbocycles. The van der Waals surface area contributed by atoms with Gasteiger partial charge in [0, 0.05) is 24.9 Å². The van der Waals surface area contributed by atoms with Gasteiger partial charge in [0.2, 0.25) is 10.0 Å². The van der Waals surface area contributed by atoms with E-state index < -0.39 is 27.7 Å². The highest BCUT2D eigenvalue weighted by atomic mass is 32.2. The van der Waals surface area contributed by atoms with Crippen LogP contribution in [-0.2, 0) is 21.0 Å². The Morgan fingerprint density at radius 3 is 2.50 bits per heavy atom. The number of alkyl halides is 3. The van der Waals surface area contributed by atoms with Crippen molar-refractivity contribution in [1.29, 1.82) is 0 Å². The number of sulfonamides is 1. The van der Waals surface area contributed by atoms with Crippen molar-refractivity contribution in [2.45, 2.75) is 24.4 Å². The lowest BCUT2D eigenvalue weighted by molar-refractivity contribution is -0.137. The maximum atomic E-state index is 13.2. The molecule has 0 bridgehead atoms. The van der Waals surface area contributed by atoms with Crippen LogP contribution in [0.15, 0.2) is 53.7 Å². The molecule has 0 unspecified atom stereocenters. The molecule has 0 spiro atoms. The highest BCUT2D eigenvalue weighted by Crippen LogP contribution is 2.32. The summed E-state index contributed by atoms with van der Waals surface area (Å²) in [7, 11) is -3.68. The molecule has 1 aliphatic rings. The molecule has 1 aliphatic heterocycles. The lowest BCUT2D eigenvalue weighted by atomic mass is 10.1. The molecule has 8 nitrogen and oxygen atoms in total. The predicted molar refractivity (Wildman–Crippen MR) is 118 cm³/mol. The zero-order valence-corrected chi connectivity index (χ0v) is 18.8. The topological polar surface area (TPSA) is 111 Å². The molecule has 3 aromatic rings. The number of hydrogen-bond acceptors (Lipinski definition) is 5. The molecule has 0 radical (unpaired) electrons. The Morgan fingerprint density at radius 1 is 1.15 bits per heavy atom. The van der Waals surface area contributed by atoms with Gasteiger partial charge in [-0.25, -0.2) is 18.1 Å². The number of hydrogen-bond donors (Lipinski definition) is 1. The number of amides is 1. The highest BCUT2D eigenvalue weighted by Gasteiger charge is 2.31. The minimum Gasteiger partial charge on any atom is -0.366 e. The second kappa shape index (κ2) is 8.69. The quantitative estimate of drug-likeness (QED) is 0.533. The molecular formula is C22H20F3N5O3S. The van der Waals surface area contributed by atoms with Gasteiger partial charge in [-0.1, -0.05) is 12.1 Å². The van der Waals surface area contributed by atoms with Gasteiger partial charge in [-0.05, 0) is 54.8 Å². The van der Waals surface area contributed by atoms with Crippen LogP contribution in [0.4, 0.5) is 13.2 Å². The lowest BCUT2D eigenvalue weighted by Crippen LogP contribution is -2.41. The Morgan fingerprint density at radius 2 is 1.88 bits per heavy atom. The van der Waals surface area contributed by atoms with E-state index in [2.05, 4.69) is 10.1 Å². The fourth-order valence-corrected chi connectivity index (χ4v) is 5.02. The van der Waals surface area contributed by atoms with Crippen LogP contribution in [0, 0.1) is 6.92 Å². The van der Waals surface area contributed by atoms with E-state index in [0.29, 0.717) is 18.7 Å². The molecule has 1 fully saturated rings. The summed E-state index contributed by atoms with van der Waals surface area (Å²) < 4.78 is 67.3. The first-order valence-electron chi connectivity index (χ1n) is 10.2. The standard InChI is InChI=1S/C22H20F3N5O3S/c1-14-8-16(10-17(9-14)22(23,24)25)21-27-13-29(28-21)12-19(20(26)31)15-4-2-5-18(11-15)34(32,33)30-6-3-7-30/h2,4-5,8-13H,3,6-7H2,1H3,(H2,26,31)/b19-12+. The van der Waals surface area contributed by atoms with E-state index in [1.54, 1.807) is 0 Å². The third kappa shape index (κ3) is 4.73. The molecule has 2 N–H and O–H groups in total. The lowest BCUT2D eigenvalue weighted by Gasteiger charge is -2.29. The second-order valence-corrected chi connectivity index (χ2v) is 9.76. The maximum absolute atomic E-state index is 13.2. The van der Waals surface area contributed by atoms with Crippen LogP contribution in [0.1, 0.15) is 23.1 Å². The minimum atomic E-state index is -4.52. The smallest absolute Gasteiger partial charge is 0.366 e. The number of nitrogens with zero attached hydrogens (tertiary/aromatic N) is 4. The van der Waals surface area contributed by atoms with Crippen molar-refractivity contribution in [1.82, 2.24) is 19.1 Å². The minimum absolute atomic E-state index is 0.0170. The number of halogens is 3. The molecule has 178 valence electrons. The van der Waals surface area contributed by atoms with E-state index in [0.717, 1.165) is 23.2 Å². The number of primary amides is 1. The Hall–Kier alpha value is -3.51. The first kappa shape index (κ1) is 23.6. The van der Waals surface area contributed by atoms with Crippen molar-refractivity contribution in [2.75, 3.05) is 13.1 Å². The fraction of sp³-hybridized carbons (Fsp3) is 0.227. The van der Waals surface area contributed by atoms with Crippen LogP contribution in [0.5, 0.6) is 0 Å². The van der Waals surface area contributed by atoms with E-state index in [4.69, 9.17) is 5.73 Å². The van der Waals surface area contributed by atoms with Gasteiger partial charge in [0.15, 0.2) is 5.82 Å². The third-order valence-electron chi connectivity index (χ3n) is 5.30. The number of aryl methyl sites for hydroxylation is 1. The molecule has 0 atom stereocenters. The number of carbonyl (C=O) groups is 1. The van der Waals surface area contributed by atoms with E-state index >= 15 is 0 Å². The first-order valence-corrected chi connectivity index (χ1v) is 11.6. The van der Waals surface area contributed by atoms with Crippen LogP contribution in [-0.4, -0.2) is 46.5 Å². The van der Waals surface area contributed by atoms with Gasteiger partial charge in [-0.2, -0.15) is 17.5 Å². The molecule has 4 rings (SSSR count). The SMILES string of the molecule is Cc1cc(-c2ncn(/C=C(/C(N)=O)c3cccc(S(=O)(=O)N4CCC4)c3)n2)cc(C(F)(F)F)c1. The van der Waals surface area contributed by atoms with Crippen molar-refractivity contribution in [3.8, 4) is 11.4 Å². The summed E-state index contributed by atoms with van der Waals surface area (Å²) in [5.74, 6) is -0.825. The van der Waals surface area contributed by atoms with Gasteiger partial charge < -0.3 is 5.73 Å². The predicted octanol–water partition coefficient (Wildman–Crippen LogP) is 3.15. The molecule has 12 heteroatoms. The van der Waals surface area contributed by atoms with Crippen molar-refractivity contribution in [2.24, 2.45) is 5.73 Å². The molecule has 1 saturated heterocycles. The fourth-order valence-electron chi connectivity index (χ4n) is 3.46. The van der Waals surface area contributed by atoms with Crippen LogP contribution < -0.4 is 5.73 Å². The van der Waals surface area contributed by atoms with E-state index in [-0.39, 0.29) is 27.4 Å².